The molecule has 0 heterocycles. The smallest absolute Gasteiger partial charge is 0.240 e. The van der Waals surface area contributed by atoms with Gasteiger partial charge in [-0.05, 0) is 63.3 Å². The van der Waals surface area contributed by atoms with Crippen molar-refractivity contribution >= 4 is 10.0 Å². The van der Waals surface area contributed by atoms with Gasteiger partial charge in [0.1, 0.15) is 5.75 Å². The molecule has 1 aromatic rings. The van der Waals surface area contributed by atoms with Crippen LogP contribution in [0.4, 0.5) is 0 Å². The van der Waals surface area contributed by atoms with Gasteiger partial charge in [-0.15, -0.1) is 0 Å². The van der Waals surface area contributed by atoms with Crippen molar-refractivity contribution in [2.24, 2.45) is 0 Å². The first-order chi connectivity index (χ1) is 10.1. The SMILES string of the molecule is CCOc1ccc(S(=O)(=O)NCCC2=CCCCC2)cc1. The van der Waals surface area contributed by atoms with E-state index in [2.05, 4.69) is 10.8 Å². The van der Waals surface area contributed by atoms with Gasteiger partial charge in [0.05, 0.1) is 11.5 Å². The molecular formula is C16H23NO3S. The van der Waals surface area contributed by atoms with Crippen LogP contribution in [0.25, 0.3) is 0 Å². The second-order valence-corrected chi connectivity index (χ2v) is 6.93. The van der Waals surface area contributed by atoms with Crippen LogP contribution in [-0.2, 0) is 10.0 Å². The number of nitrogens with one attached hydrogen (secondary N) is 1. The largest absolute Gasteiger partial charge is 0.494 e. The van der Waals surface area contributed by atoms with Crippen molar-refractivity contribution in [3.63, 3.8) is 0 Å². The first-order valence-electron chi connectivity index (χ1n) is 7.52. The molecule has 0 atom stereocenters. The van der Waals surface area contributed by atoms with Crippen molar-refractivity contribution in [1.29, 1.82) is 0 Å². The van der Waals surface area contributed by atoms with E-state index < -0.39 is 10.0 Å². The Morgan fingerprint density at radius 1 is 1.19 bits per heavy atom. The topological polar surface area (TPSA) is 55.4 Å². The highest BCUT2D eigenvalue weighted by molar-refractivity contribution is 7.89. The summed E-state index contributed by atoms with van der Waals surface area (Å²) in [5.41, 5.74) is 1.37. The zero-order valence-electron chi connectivity index (χ0n) is 12.5. The number of sulfonamides is 1. The molecule has 4 nitrogen and oxygen atoms in total. The average molecular weight is 309 g/mol. The summed E-state index contributed by atoms with van der Waals surface area (Å²) in [5.74, 6) is 0.684. The van der Waals surface area contributed by atoms with Crippen LogP contribution in [0.1, 0.15) is 39.0 Å². The third-order valence-corrected chi connectivity index (χ3v) is 5.05. The van der Waals surface area contributed by atoms with Gasteiger partial charge in [0.15, 0.2) is 0 Å². The van der Waals surface area contributed by atoms with E-state index in [9.17, 15) is 8.42 Å². The van der Waals surface area contributed by atoms with Crippen molar-refractivity contribution < 1.29 is 13.2 Å². The lowest BCUT2D eigenvalue weighted by Crippen LogP contribution is -2.25. The van der Waals surface area contributed by atoms with Crippen LogP contribution in [-0.4, -0.2) is 21.6 Å². The van der Waals surface area contributed by atoms with Crippen molar-refractivity contribution in [3.8, 4) is 5.75 Å². The number of hydrogen-bond donors (Lipinski definition) is 1. The van der Waals surface area contributed by atoms with Crippen molar-refractivity contribution in [2.75, 3.05) is 13.2 Å². The highest BCUT2D eigenvalue weighted by atomic mass is 32.2. The minimum atomic E-state index is -3.43. The summed E-state index contributed by atoms with van der Waals surface area (Å²) in [6.45, 7) is 2.92. The van der Waals surface area contributed by atoms with Crippen LogP contribution >= 0.6 is 0 Å². The molecule has 0 radical (unpaired) electrons. The third kappa shape index (κ3) is 4.86. The molecule has 0 aliphatic heterocycles. The van der Waals surface area contributed by atoms with Gasteiger partial charge in [-0.25, -0.2) is 13.1 Å². The van der Waals surface area contributed by atoms with E-state index in [-0.39, 0.29) is 4.90 Å². The average Bonchev–Trinajstić information content (AvgIpc) is 2.49. The van der Waals surface area contributed by atoms with Gasteiger partial charge in [0.2, 0.25) is 10.0 Å². The molecule has 116 valence electrons. The summed E-state index contributed by atoms with van der Waals surface area (Å²) < 4.78 is 32.3. The Kier molecular flexibility index (Phi) is 5.82. The molecule has 0 aromatic heterocycles. The second kappa shape index (κ2) is 7.61. The van der Waals surface area contributed by atoms with E-state index >= 15 is 0 Å². The normalized spacial score (nSPS) is 15.6. The Morgan fingerprint density at radius 3 is 2.57 bits per heavy atom. The quantitative estimate of drug-likeness (QED) is 0.787. The molecule has 0 unspecified atom stereocenters. The molecule has 0 saturated carbocycles. The van der Waals surface area contributed by atoms with E-state index in [1.165, 1.54) is 18.4 Å². The van der Waals surface area contributed by atoms with Crippen LogP contribution in [0.2, 0.25) is 0 Å². The Hall–Kier alpha value is -1.33. The number of ether oxygens (including phenoxy) is 1. The molecule has 2 rings (SSSR count). The molecular weight excluding hydrogens is 286 g/mol. The molecule has 1 N–H and O–H groups in total. The summed E-state index contributed by atoms with van der Waals surface area (Å²) in [7, 11) is -3.43. The van der Waals surface area contributed by atoms with Crippen LogP contribution in [0, 0.1) is 0 Å². The molecule has 0 spiro atoms. The second-order valence-electron chi connectivity index (χ2n) is 5.16. The van der Waals surface area contributed by atoms with E-state index in [0.717, 1.165) is 19.3 Å². The molecule has 0 saturated heterocycles. The highest BCUT2D eigenvalue weighted by Gasteiger charge is 2.14. The Labute approximate surface area is 127 Å². The van der Waals surface area contributed by atoms with Gasteiger partial charge in [0.25, 0.3) is 0 Å². The van der Waals surface area contributed by atoms with Gasteiger partial charge in [-0.2, -0.15) is 0 Å². The number of benzene rings is 1. The van der Waals surface area contributed by atoms with Gasteiger partial charge in [-0.1, -0.05) is 11.6 Å². The van der Waals surface area contributed by atoms with Crippen LogP contribution in [0.15, 0.2) is 40.8 Å². The number of allylic oxidation sites excluding steroid dienone is 1. The zero-order chi connectivity index (χ0) is 15.1. The highest BCUT2D eigenvalue weighted by Crippen LogP contribution is 2.20. The number of rotatable bonds is 7. The maximum Gasteiger partial charge on any atom is 0.240 e. The number of hydrogen-bond acceptors (Lipinski definition) is 3. The first kappa shape index (κ1) is 16.0. The van der Waals surface area contributed by atoms with Crippen LogP contribution in [0.3, 0.4) is 0 Å². The van der Waals surface area contributed by atoms with Crippen molar-refractivity contribution in [1.82, 2.24) is 4.72 Å². The van der Waals surface area contributed by atoms with Gasteiger partial charge in [0, 0.05) is 6.54 Å². The maximum atomic E-state index is 12.2. The maximum absolute atomic E-state index is 12.2. The minimum Gasteiger partial charge on any atom is -0.494 e. The Balaban J connectivity index is 1.90. The van der Waals surface area contributed by atoms with Crippen molar-refractivity contribution in [3.05, 3.63) is 35.9 Å². The van der Waals surface area contributed by atoms with E-state index in [4.69, 9.17) is 4.74 Å². The molecule has 1 aliphatic rings. The van der Waals surface area contributed by atoms with E-state index in [1.54, 1.807) is 24.3 Å². The third-order valence-electron chi connectivity index (χ3n) is 3.57. The fraction of sp³-hybridized carbons (Fsp3) is 0.500. The molecule has 5 heteroatoms. The molecule has 1 aromatic carbocycles. The fourth-order valence-electron chi connectivity index (χ4n) is 2.44. The monoisotopic (exact) mass is 309 g/mol. The summed E-state index contributed by atoms with van der Waals surface area (Å²) in [6, 6.07) is 6.52. The fourth-order valence-corrected chi connectivity index (χ4v) is 3.47. The van der Waals surface area contributed by atoms with Gasteiger partial charge >= 0.3 is 0 Å². The molecule has 0 fully saturated rings. The molecule has 21 heavy (non-hydrogen) atoms. The first-order valence-corrected chi connectivity index (χ1v) is 9.00. The zero-order valence-corrected chi connectivity index (χ0v) is 13.3. The minimum absolute atomic E-state index is 0.281. The van der Waals surface area contributed by atoms with E-state index in [0.29, 0.717) is 18.9 Å². The summed E-state index contributed by atoms with van der Waals surface area (Å²) in [6.07, 6.45) is 7.75. The lowest BCUT2D eigenvalue weighted by molar-refractivity contribution is 0.340. The lowest BCUT2D eigenvalue weighted by atomic mass is 9.97. The van der Waals surface area contributed by atoms with Gasteiger partial charge in [-0.3, -0.25) is 0 Å². The summed E-state index contributed by atoms with van der Waals surface area (Å²) in [5, 5.41) is 0. The Bertz CT molecular complexity index is 576. The lowest BCUT2D eigenvalue weighted by Gasteiger charge is -2.13. The predicted molar refractivity (Wildman–Crippen MR) is 84.0 cm³/mol. The Morgan fingerprint density at radius 2 is 1.95 bits per heavy atom. The standard InChI is InChI=1S/C16H23NO3S/c1-2-20-15-8-10-16(11-9-15)21(18,19)17-13-12-14-6-4-3-5-7-14/h6,8-11,17H,2-5,7,12-13H2,1H3. The van der Waals surface area contributed by atoms with Crippen LogP contribution < -0.4 is 9.46 Å². The molecule has 1 aliphatic carbocycles. The molecule has 0 bridgehead atoms. The summed E-state index contributed by atoms with van der Waals surface area (Å²) in [4.78, 5) is 0.281. The van der Waals surface area contributed by atoms with E-state index in [1.807, 2.05) is 6.92 Å². The van der Waals surface area contributed by atoms with Crippen LogP contribution in [0.5, 0.6) is 5.75 Å². The molecule has 0 amide bonds. The van der Waals surface area contributed by atoms with Crippen molar-refractivity contribution in [2.45, 2.75) is 43.9 Å². The predicted octanol–water partition coefficient (Wildman–Crippen LogP) is 3.25. The van der Waals surface area contributed by atoms with Gasteiger partial charge < -0.3 is 4.74 Å². The summed E-state index contributed by atoms with van der Waals surface area (Å²) >= 11 is 0.